The highest BCUT2D eigenvalue weighted by atomic mass is 32.2. The highest BCUT2D eigenvalue weighted by molar-refractivity contribution is 7.86. The van der Waals surface area contributed by atoms with Crippen LogP contribution in [0.1, 0.15) is 40.5 Å². The van der Waals surface area contributed by atoms with E-state index in [1.807, 2.05) is 27.8 Å². The fourth-order valence-electron chi connectivity index (χ4n) is 2.28. The molecule has 1 heterocycles. The summed E-state index contributed by atoms with van der Waals surface area (Å²) in [6.45, 7) is 11.2. The van der Waals surface area contributed by atoms with Gasteiger partial charge in [0.2, 0.25) is 0 Å². The van der Waals surface area contributed by atoms with Crippen LogP contribution < -0.4 is 5.32 Å². The maximum Gasteiger partial charge on any atom is 0.193 e. The third kappa shape index (κ3) is 5.51. The molecule has 0 amide bonds. The molecule has 1 rings (SSSR count). The Labute approximate surface area is 120 Å². The van der Waals surface area contributed by atoms with Gasteiger partial charge in [-0.15, -0.1) is 0 Å². The molecule has 112 valence electrons. The molecule has 1 N–H and O–H groups in total. The smallest absolute Gasteiger partial charge is 0.193 e. The number of nitrogens with one attached hydrogen (secondary N) is 1. The van der Waals surface area contributed by atoms with Gasteiger partial charge in [0.15, 0.2) is 5.96 Å². The lowest BCUT2D eigenvalue weighted by Crippen LogP contribution is -2.47. The number of rotatable bonds is 3. The summed E-state index contributed by atoms with van der Waals surface area (Å²) in [6.07, 6.45) is 2.54. The van der Waals surface area contributed by atoms with Crippen LogP contribution in [0.25, 0.3) is 0 Å². The summed E-state index contributed by atoms with van der Waals surface area (Å²) in [5.41, 5.74) is 0. The molecule has 4 nitrogen and oxygen atoms in total. The minimum absolute atomic E-state index is 0.134. The number of likely N-dealkylation sites (tertiary alicyclic amines) is 1. The van der Waals surface area contributed by atoms with E-state index in [0.717, 1.165) is 31.5 Å². The Morgan fingerprint density at radius 2 is 2.16 bits per heavy atom. The quantitative estimate of drug-likeness (QED) is 0.636. The Morgan fingerprint density at radius 3 is 2.68 bits per heavy atom. The third-order valence-electron chi connectivity index (χ3n) is 3.42. The number of hydrogen-bond acceptors (Lipinski definition) is 2. The molecular formula is C14H29N3OS. The average molecular weight is 287 g/mol. The van der Waals surface area contributed by atoms with Gasteiger partial charge < -0.3 is 10.2 Å². The van der Waals surface area contributed by atoms with Crippen molar-refractivity contribution >= 4 is 16.8 Å². The first-order valence-corrected chi connectivity index (χ1v) is 8.50. The van der Waals surface area contributed by atoms with Gasteiger partial charge in [0.25, 0.3) is 0 Å². The first-order chi connectivity index (χ1) is 8.84. The minimum Gasteiger partial charge on any atom is -0.355 e. The van der Waals surface area contributed by atoms with Crippen LogP contribution in [0.2, 0.25) is 0 Å². The molecular weight excluding hydrogens is 258 g/mol. The summed E-state index contributed by atoms with van der Waals surface area (Å²) < 4.78 is 11.8. The summed E-state index contributed by atoms with van der Waals surface area (Å²) in [6, 6.07) is 0. The van der Waals surface area contributed by atoms with Crippen LogP contribution >= 0.6 is 0 Å². The van der Waals surface area contributed by atoms with Crippen molar-refractivity contribution in [1.82, 2.24) is 10.2 Å². The monoisotopic (exact) mass is 287 g/mol. The number of nitrogens with zero attached hydrogens (tertiary/aromatic N) is 2. The number of piperidine rings is 1. The summed E-state index contributed by atoms with van der Waals surface area (Å²) in [7, 11) is 1.02. The second-order valence-electron chi connectivity index (χ2n) is 6.33. The van der Waals surface area contributed by atoms with Gasteiger partial charge in [0.05, 0.1) is 0 Å². The average Bonchev–Trinajstić information content (AvgIpc) is 2.33. The van der Waals surface area contributed by atoms with Crippen molar-refractivity contribution in [2.75, 3.05) is 32.4 Å². The third-order valence-corrected chi connectivity index (χ3v) is 5.36. The van der Waals surface area contributed by atoms with E-state index in [-0.39, 0.29) is 4.75 Å². The standard InChI is InChI=1S/C14H29N3OS/c1-12-7-6-9-17(11-12)13(15-5)16-8-10-19(18)14(2,3)4/h12H,6-11H2,1-5H3,(H,15,16). The van der Waals surface area contributed by atoms with Gasteiger partial charge >= 0.3 is 0 Å². The summed E-state index contributed by atoms with van der Waals surface area (Å²) >= 11 is 0. The first-order valence-electron chi connectivity index (χ1n) is 7.18. The van der Waals surface area contributed by atoms with Crippen molar-refractivity contribution < 1.29 is 4.21 Å². The SMILES string of the molecule is CN=C(NCCS(=O)C(C)(C)C)N1CCCC(C)C1. The Bertz CT molecular complexity index is 336. The van der Waals surface area contributed by atoms with E-state index in [1.165, 1.54) is 12.8 Å². The normalized spacial score (nSPS) is 23.3. The molecule has 5 heteroatoms. The van der Waals surface area contributed by atoms with E-state index in [2.05, 4.69) is 22.1 Å². The van der Waals surface area contributed by atoms with Crippen molar-refractivity contribution in [3.8, 4) is 0 Å². The lowest BCUT2D eigenvalue weighted by molar-refractivity contribution is 0.266. The Balaban J connectivity index is 2.40. The molecule has 0 radical (unpaired) electrons. The molecule has 0 aromatic rings. The summed E-state index contributed by atoms with van der Waals surface area (Å²) in [5, 5.41) is 3.35. The van der Waals surface area contributed by atoms with Crippen molar-refractivity contribution in [3.05, 3.63) is 0 Å². The van der Waals surface area contributed by atoms with Crippen LogP contribution in [0.4, 0.5) is 0 Å². The number of aliphatic imine (C=N–C) groups is 1. The fraction of sp³-hybridized carbons (Fsp3) is 0.929. The first kappa shape index (κ1) is 16.5. The zero-order valence-electron chi connectivity index (χ0n) is 13.0. The molecule has 1 aliphatic heterocycles. The molecule has 19 heavy (non-hydrogen) atoms. The number of hydrogen-bond donors (Lipinski definition) is 1. The Hall–Kier alpha value is -0.580. The van der Waals surface area contributed by atoms with Gasteiger partial charge in [-0.1, -0.05) is 6.92 Å². The highest BCUT2D eigenvalue weighted by Crippen LogP contribution is 2.15. The van der Waals surface area contributed by atoms with Crippen LogP contribution in [0.15, 0.2) is 4.99 Å². The van der Waals surface area contributed by atoms with E-state index in [1.54, 1.807) is 0 Å². The van der Waals surface area contributed by atoms with Gasteiger partial charge in [0.1, 0.15) is 0 Å². The van der Waals surface area contributed by atoms with E-state index in [4.69, 9.17) is 0 Å². The van der Waals surface area contributed by atoms with Crippen LogP contribution in [0, 0.1) is 5.92 Å². The molecule has 1 aliphatic rings. The Kier molecular flexibility index (Phi) is 6.30. The van der Waals surface area contributed by atoms with Crippen molar-refractivity contribution in [1.29, 1.82) is 0 Å². The zero-order valence-corrected chi connectivity index (χ0v) is 13.8. The lowest BCUT2D eigenvalue weighted by Gasteiger charge is -2.33. The maximum atomic E-state index is 12.0. The molecule has 0 aromatic heterocycles. The maximum absolute atomic E-state index is 12.0. The molecule has 2 unspecified atom stereocenters. The lowest BCUT2D eigenvalue weighted by atomic mass is 10.0. The predicted molar refractivity (Wildman–Crippen MR) is 84.1 cm³/mol. The number of guanidine groups is 1. The molecule has 0 spiro atoms. The molecule has 0 saturated carbocycles. The fourth-order valence-corrected chi connectivity index (χ4v) is 3.18. The van der Waals surface area contributed by atoms with Crippen molar-refractivity contribution in [3.63, 3.8) is 0 Å². The van der Waals surface area contributed by atoms with Crippen LogP contribution in [0.3, 0.4) is 0 Å². The predicted octanol–water partition coefficient (Wildman–Crippen LogP) is 1.84. The van der Waals surface area contributed by atoms with Crippen molar-refractivity contribution in [2.45, 2.75) is 45.3 Å². The molecule has 0 bridgehead atoms. The second kappa shape index (κ2) is 7.27. The van der Waals surface area contributed by atoms with E-state index in [9.17, 15) is 4.21 Å². The van der Waals surface area contributed by atoms with Gasteiger partial charge in [-0.3, -0.25) is 9.20 Å². The largest absolute Gasteiger partial charge is 0.355 e. The zero-order chi connectivity index (χ0) is 14.5. The van der Waals surface area contributed by atoms with E-state index < -0.39 is 10.8 Å². The molecule has 0 aromatic carbocycles. The van der Waals surface area contributed by atoms with Gasteiger partial charge in [0, 0.05) is 48.0 Å². The van der Waals surface area contributed by atoms with Crippen LogP contribution in [0.5, 0.6) is 0 Å². The van der Waals surface area contributed by atoms with Gasteiger partial charge in [-0.25, -0.2) is 0 Å². The summed E-state index contributed by atoms with van der Waals surface area (Å²) in [4.78, 5) is 6.65. The molecule has 0 aliphatic carbocycles. The Morgan fingerprint density at radius 1 is 1.47 bits per heavy atom. The van der Waals surface area contributed by atoms with E-state index >= 15 is 0 Å². The topological polar surface area (TPSA) is 44.7 Å². The van der Waals surface area contributed by atoms with E-state index in [0.29, 0.717) is 5.75 Å². The highest BCUT2D eigenvalue weighted by Gasteiger charge is 2.21. The van der Waals surface area contributed by atoms with Crippen LogP contribution in [-0.2, 0) is 10.8 Å². The minimum atomic E-state index is -0.804. The van der Waals surface area contributed by atoms with Crippen molar-refractivity contribution in [2.24, 2.45) is 10.9 Å². The van der Waals surface area contributed by atoms with Gasteiger partial charge in [-0.05, 0) is 39.5 Å². The molecule has 2 atom stereocenters. The van der Waals surface area contributed by atoms with Gasteiger partial charge in [-0.2, -0.15) is 0 Å². The second-order valence-corrected chi connectivity index (χ2v) is 8.65. The molecule has 1 fully saturated rings. The van der Waals surface area contributed by atoms with Crippen LogP contribution in [-0.4, -0.2) is 52.3 Å². The summed E-state index contributed by atoms with van der Waals surface area (Å²) in [5.74, 6) is 2.36. The molecule has 1 saturated heterocycles.